The largest absolute Gasteiger partial charge is 0.495 e. The molecule has 1 aromatic carbocycles. The summed E-state index contributed by atoms with van der Waals surface area (Å²) < 4.78 is 16.0. The Kier molecular flexibility index (Phi) is 5.94. The van der Waals surface area contributed by atoms with Crippen LogP contribution in [-0.2, 0) is 0 Å². The number of nitrogens with zero attached hydrogens (tertiary/aromatic N) is 3. The van der Waals surface area contributed by atoms with Gasteiger partial charge >= 0.3 is 0 Å². The topological polar surface area (TPSA) is 58.4 Å². The molecule has 3 heterocycles. The third-order valence-electron chi connectivity index (χ3n) is 5.93. The van der Waals surface area contributed by atoms with Crippen molar-refractivity contribution in [3.05, 3.63) is 42.2 Å². The fraction of sp³-hybridized carbons (Fsp3) is 0.500. The Morgan fingerprint density at radius 1 is 1.00 bits per heavy atom. The zero-order valence-corrected chi connectivity index (χ0v) is 17.2. The van der Waals surface area contributed by atoms with E-state index in [1.54, 1.807) is 19.2 Å². The number of piperidine rings is 1. The molecule has 1 amide bonds. The van der Waals surface area contributed by atoms with Gasteiger partial charge < -0.3 is 23.7 Å². The summed E-state index contributed by atoms with van der Waals surface area (Å²) in [4.78, 5) is 19.6. The highest BCUT2D eigenvalue weighted by Crippen LogP contribution is 2.29. The molecule has 156 valence electrons. The van der Waals surface area contributed by atoms with E-state index < -0.39 is 0 Å². The summed E-state index contributed by atoms with van der Waals surface area (Å²) in [5.41, 5.74) is 1.15. The van der Waals surface area contributed by atoms with Gasteiger partial charge in [0.2, 0.25) is 0 Å². The predicted molar refractivity (Wildman–Crippen MR) is 111 cm³/mol. The lowest BCUT2D eigenvalue weighted by molar-refractivity contribution is 0.0530. The van der Waals surface area contributed by atoms with Crippen molar-refractivity contribution in [3.63, 3.8) is 0 Å². The number of para-hydroxylation sites is 2. The summed E-state index contributed by atoms with van der Waals surface area (Å²) in [6.07, 6.45) is 2.14. The van der Waals surface area contributed by atoms with Crippen LogP contribution in [0.1, 0.15) is 23.4 Å². The number of piperazine rings is 1. The molecule has 1 atom stereocenters. The van der Waals surface area contributed by atoms with Gasteiger partial charge in [-0.05, 0) is 31.0 Å². The van der Waals surface area contributed by atoms with Gasteiger partial charge in [0, 0.05) is 51.4 Å². The maximum Gasteiger partial charge on any atom is 0.289 e. The van der Waals surface area contributed by atoms with Gasteiger partial charge in [-0.25, -0.2) is 0 Å². The molecule has 29 heavy (non-hydrogen) atoms. The molecular formula is C22H29N3O4. The van der Waals surface area contributed by atoms with Gasteiger partial charge in [0.25, 0.3) is 11.9 Å². The summed E-state index contributed by atoms with van der Waals surface area (Å²) >= 11 is 0. The summed E-state index contributed by atoms with van der Waals surface area (Å²) in [6.45, 7) is 5.41. The lowest BCUT2D eigenvalue weighted by Gasteiger charge is -2.44. The van der Waals surface area contributed by atoms with E-state index in [9.17, 15) is 4.79 Å². The normalized spacial score (nSPS) is 20.6. The molecule has 0 N–H and O–H groups in total. The number of carbonyl (C=O) groups excluding carboxylic acids is 1. The summed E-state index contributed by atoms with van der Waals surface area (Å²) in [7, 11) is 3.26. The molecule has 0 saturated carbocycles. The molecule has 2 aliphatic rings. The number of hydrogen-bond donors (Lipinski definition) is 0. The van der Waals surface area contributed by atoms with Crippen molar-refractivity contribution in [3.8, 4) is 11.7 Å². The highest BCUT2D eigenvalue weighted by atomic mass is 16.6. The number of likely N-dealkylation sites (tertiary alicyclic amines) is 1. The van der Waals surface area contributed by atoms with Gasteiger partial charge in [-0.2, -0.15) is 0 Å². The van der Waals surface area contributed by atoms with Crippen LogP contribution in [0, 0.1) is 0 Å². The van der Waals surface area contributed by atoms with Gasteiger partial charge in [-0.3, -0.25) is 9.69 Å². The molecule has 7 heteroatoms. The number of anilines is 1. The number of ether oxygens (including phenoxy) is 2. The highest BCUT2D eigenvalue weighted by Gasteiger charge is 2.31. The van der Waals surface area contributed by atoms with Crippen LogP contribution in [0.15, 0.2) is 40.8 Å². The number of hydrogen-bond acceptors (Lipinski definition) is 6. The lowest BCUT2D eigenvalue weighted by atomic mass is 10.0. The number of methoxy groups -OCH3 is 2. The molecule has 0 bridgehead atoms. The predicted octanol–water partition coefficient (Wildman–Crippen LogP) is 2.72. The second-order valence-electron chi connectivity index (χ2n) is 7.56. The first-order valence-electron chi connectivity index (χ1n) is 10.2. The van der Waals surface area contributed by atoms with E-state index in [1.165, 1.54) is 7.11 Å². The van der Waals surface area contributed by atoms with Crippen LogP contribution in [0.3, 0.4) is 0 Å². The van der Waals surface area contributed by atoms with Crippen LogP contribution in [0.2, 0.25) is 0 Å². The van der Waals surface area contributed by atoms with Crippen molar-refractivity contribution in [1.82, 2.24) is 9.80 Å². The number of furan rings is 1. The Morgan fingerprint density at radius 2 is 1.79 bits per heavy atom. The molecule has 7 nitrogen and oxygen atoms in total. The second-order valence-corrected chi connectivity index (χ2v) is 7.56. The van der Waals surface area contributed by atoms with E-state index in [2.05, 4.69) is 21.9 Å². The maximum atomic E-state index is 12.8. The van der Waals surface area contributed by atoms with Crippen LogP contribution >= 0.6 is 0 Å². The van der Waals surface area contributed by atoms with Gasteiger partial charge in [0.15, 0.2) is 5.76 Å². The van der Waals surface area contributed by atoms with Crippen molar-refractivity contribution in [2.24, 2.45) is 0 Å². The SMILES string of the molecule is COc1ccc(C(=O)N2CCC[C@@H](N3CCN(c4ccccc4OC)CC3)C2)o1. The van der Waals surface area contributed by atoms with Crippen molar-refractivity contribution < 1.29 is 18.7 Å². The third kappa shape index (κ3) is 4.19. The van der Waals surface area contributed by atoms with Crippen LogP contribution in [-0.4, -0.2) is 75.2 Å². The minimum atomic E-state index is -0.0503. The molecule has 0 radical (unpaired) electrons. The maximum absolute atomic E-state index is 12.8. The Morgan fingerprint density at radius 3 is 2.52 bits per heavy atom. The van der Waals surface area contributed by atoms with Crippen LogP contribution in [0.25, 0.3) is 0 Å². The van der Waals surface area contributed by atoms with Crippen molar-refractivity contribution in [1.29, 1.82) is 0 Å². The number of benzene rings is 1. The van der Waals surface area contributed by atoms with Crippen LogP contribution in [0.4, 0.5) is 5.69 Å². The first kappa shape index (κ1) is 19.6. The van der Waals surface area contributed by atoms with Crippen LogP contribution < -0.4 is 14.4 Å². The zero-order chi connectivity index (χ0) is 20.2. The van der Waals surface area contributed by atoms with E-state index in [0.29, 0.717) is 17.7 Å². The Balaban J connectivity index is 1.35. The quantitative estimate of drug-likeness (QED) is 0.771. The van der Waals surface area contributed by atoms with Gasteiger partial charge in [0.1, 0.15) is 5.75 Å². The average molecular weight is 399 g/mol. The first-order valence-corrected chi connectivity index (χ1v) is 10.2. The Bertz CT molecular complexity index is 829. The van der Waals surface area contributed by atoms with E-state index >= 15 is 0 Å². The van der Waals surface area contributed by atoms with Gasteiger partial charge in [-0.15, -0.1) is 0 Å². The van der Waals surface area contributed by atoms with Gasteiger partial charge in [0.05, 0.1) is 19.9 Å². The molecule has 2 aromatic rings. The van der Waals surface area contributed by atoms with Crippen molar-refractivity contribution in [2.45, 2.75) is 18.9 Å². The van der Waals surface area contributed by atoms with Crippen molar-refractivity contribution in [2.75, 3.05) is 58.4 Å². The standard InChI is InChI=1S/C22H29N3O4/c1-27-19-8-4-3-7-18(19)24-14-12-23(13-15-24)17-6-5-11-25(16-17)22(26)20-9-10-21(28-2)29-20/h3-4,7-10,17H,5-6,11-16H2,1-2H3/t17-/m1/s1. The molecule has 4 rings (SSSR count). The molecule has 2 saturated heterocycles. The molecule has 1 aromatic heterocycles. The molecule has 0 spiro atoms. The monoisotopic (exact) mass is 399 g/mol. The summed E-state index contributed by atoms with van der Waals surface area (Å²) in [5.74, 6) is 1.59. The minimum absolute atomic E-state index is 0.0503. The average Bonchev–Trinajstić information content (AvgIpc) is 3.28. The molecule has 2 fully saturated rings. The lowest BCUT2D eigenvalue weighted by Crippen LogP contribution is -2.55. The smallest absolute Gasteiger partial charge is 0.289 e. The molecular weight excluding hydrogens is 370 g/mol. The summed E-state index contributed by atoms with van der Waals surface area (Å²) in [5, 5.41) is 0. The number of carbonyl (C=O) groups is 1. The zero-order valence-electron chi connectivity index (χ0n) is 17.2. The fourth-order valence-electron chi connectivity index (χ4n) is 4.36. The van der Waals surface area contributed by atoms with E-state index in [4.69, 9.17) is 13.9 Å². The third-order valence-corrected chi connectivity index (χ3v) is 5.93. The second kappa shape index (κ2) is 8.78. The Hall–Kier alpha value is -2.67. The highest BCUT2D eigenvalue weighted by molar-refractivity contribution is 5.91. The van der Waals surface area contributed by atoms with E-state index in [0.717, 1.165) is 63.5 Å². The van der Waals surface area contributed by atoms with E-state index in [1.807, 2.05) is 17.0 Å². The van der Waals surface area contributed by atoms with Crippen LogP contribution in [0.5, 0.6) is 11.7 Å². The number of rotatable bonds is 5. The first-order chi connectivity index (χ1) is 14.2. The number of amides is 1. The fourth-order valence-corrected chi connectivity index (χ4v) is 4.36. The summed E-state index contributed by atoms with van der Waals surface area (Å²) in [6, 6.07) is 12.0. The molecule has 2 aliphatic heterocycles. The molecule has 0 unspecified atom stereocenters. The van der Waals surface area contributed by atoms with Gasteiger partial charge in [-0.1, -0.05) is 12.1 Å². The minimum Gasteiger partial charge on any atom is -0.495 e. The van der Waals surface area contributed by atoms with E-state index in [-0.39, 0.29) is 5.91 Å². The molecule has 0 aliphatic carbocycles. The Labute approximate surface area is 171 Å². The van der Waals surface area contributed by atoms with Crippen molar-refractivity contribution >= 4 is 11.6 Å².